The van der Waals surface area contributed by atoms with Crippen LogP contribution in [0.5, 0.6) is 5.75 Å². The first-order chi connectivity index (χ1) is 9.74. The molecule has 1 aromatic rings. The number of benzene rings is 1. The lowest BCUT2D eigenvalue weighted by Crippen LogP contribution is -2.27. The summed E-state index contributed by atoms with van der Waals surface area (Å²) in [5.74, 6) is 0.126. The van der Waals surface area contributed by atoms with E-state index in [2.05, 4.69) is 10.6 Å². The molecule has 1 amide bonds. The highest BCUT2D eigenvalue weighted by Gasteiger charge is 2.13. The quantitative estimate of drug-likeness (QED) is 0.685. The van der Waals surface area contributed by atoms with E-state index in [4.69, 9.17) is 9.88 Å². The van der Waals surface area contributed by atoms with Crippen molar-refractivity contribution in [2.75, 3.05) is 19.0 Å². The zero-order valence-electron chi connectivity index (χ0n) is 12.3. The Morgan fingerprint density at radius 1 is 1.38 bits per heavy atom. The van der Waals surface area contributed by atoms with Crippen molar-refractivity contribution >= 4 is 21.6 Å². The third-order valence-corrected chi connectivity index (χ3v) is 3.59. The molecular formula is C13H21N3O4S. The highest BCUT2D eigenvalue weighted by atomic mass is 32.2. The second-order valence-corrected chi connectivity index (χ2v) is 6.38. The van der Waals surface area contributed by atoms with E-state index in [1.165, 1.54) is 25.3 Å². The van der Waals surface area contributed by atoms with Gasteiger partial charge >= 0.3 is 0 Å². The van der Waals surface area contributed by atoms with Crippen molar-refractivity contribution in [2.45, 2.75) is 31.2 Å². The van der Waals surface area contributed by atoms with Crippen LogP contribution in [0.1, 0.15) is 20.3 Å². The average molecular weight is 315 g/mol. The largest absolute Gasteiger partial charge is 0.495 e. The summed E-state index contributed by atoms with van der Waals surface area (Å²) in [5, 5.41) is 10.8. The number of carbonyl (C=O) groups is 1. The van der Waals surface area contributed by atoms with Crippen molar-refractivity contribution in [1.29, 1.82) is 0 Å². The first-order valence-electron chi connectivity index (χ1n) is 6.48. The smallest absolute Gasteiger partial charge is 0.238 e. The summed E-state index contributed by atoms with van der Waals surface area (Å²) in [6, 6.07) is 4.34. The molecule has 7 nitrogen and oxygen atoms in total. The minimum atomic E-state index is -3.83. The molecule has 4 N–H and O–H groups in total. The molecule has 0 aliphatic heterocycles. The molecule has 0 aromatic heterocycles. The first-order valence-corrected chi connectivity index (χ1v) is 8.02. The predicted octanol–water partition coefficient (Wildman–Crippen LogP) is 0.669. The number of nitrogens with one attached hydrogen (secondary N) is 2. The molecule has 0 radical (unpaired) electrons. The van der Waals surface area contributed by atoms with E-state index in [-0.39, 0.29) is 29.0 Å². The first kappa shape index (κ1) is 17.4. The normalized spacial score (nSPS) is 11.5. The number of carbonyl (C=O) groups excluding carboxylic acids is 1. The summed E-state index contributed by atoms with van der Waals surface area (Å²) in [6.07, 6.45) is 0.265. The number of methoxy groups -OCH3 is 1. The molecule has 8 heteroatoms. The van der Waals surface area contributed by atoms with Crippen LogP contribution >= 0.6 is 0 Å². The average Bonchev–Trinajstić information content (AvgIpc) is 2.37. The molecule has 0 fully saturated rings. The van der Waals surface area contributed by atoms with Crippen molar-refractivity contribution in [3.63, 3.8) is 0 Å². The van der Waals surface area contributed by atoms with Gasteiger partial charge in [-0.2, -0.15) is 0 Å². The molecule has 21 heavy (non-hydrogen) atoms. The van der Waals surface area contributed by atoms with Crippen LogP contribution in [-0.4, -0.2) is 34.0 Å². The number of ether oxygens (including phenoxy) is 1. The van der Waals surface area contributed by atoms with E-state index in [9.17, 15) is 13.2 Å². The van der Waals surface area contributed by atoms with Gasteiger partial charge in [0.1, 0.15) is 5.75 Å². The lowest BCUT2D eigenvalue weighted by atomic mass is 10.2. The third-order valence-electron chi connectivity index (χ3n) is 2.68. The molecule has 0 aliphatic rings. The minimum Gasteiger partial charge on any atom is -0.495 e. The van der Waals surface area contributed by atoms with E-state index >= 15 is 0 Å². The van der Waals surface area contributed by atoms with E-state index < -0.39 is 10.0 Å². The fourth-order valence-electron chi connectivity index (χ4n) is 1.65. The van der Waals surface area contributed by atoms with E-state index in [0.29, 0.717) is 12.3 Å². The Labute approximate surface area is 124 Å². The molecule has 0 spiro atoms. The van der Waals surface area contributed by atoms with E-state index in [1.54, 1.807) is 0 Å². The summed E-state index contributed by atoms with van der Waals surface area (Å²) in [4.78, 5) is 11.8. The molecule has 0 atom stereocenters. The van der Waals surface area contributed by atoms with Gasteiger partial charge in [0.25, 0.3) is 0 Å². The van der Waals surface area contributed by atoms with Crippen molar-refractivity contribution in [3.05, 3.63) is 18.2 Å². The number of amides is 1. The molecule has 0 saturated heterocycles. The zero-order chi connectivity index (χ0) is 16.0. The number of rotatable bonds is 7. The minimum absolute atomic E-state index is 0.0843. The Hall–Kier alpha value is -1.64. The second kappa shape index (κ2) is 7.39. The van der Waals surface area contributed by atoms with Gasteiger partial charge in [-0.1, -0.05) is 13.8 Å². The van der Waals surface area contributed by atoms with Gasteiger partial charge < -0.3 is 15.4 Å². The number of nitrogens with two attached hydrogens (primary N) is 1. The van der Waals surface area contributed by atoms with Crippen LogP contribution in [0.25, 0.3) is 0 Å². The number of primary sulfonamides is 1. The fourth-order valence-corrected chi connectivity index (χ4v) is 2.19. The maximum Gasteiger partial charge on any atom is 0.238 e. The molecule has 0 bridgehead atoms. The molecule has 1 aromatic carbocycles. The van der Waals surface area contributed by atoms with Crippen LogP contribution in [0.4, 0.5) is 5.69 Å². The van der Waals surface area contributed by atoms with Gasteiger partial charge in [0.05, 0.1) is 17.7 Å². The van der Waals surface area contributed by atoms with Gasteiger partial charge in [0.15, 0.2) is 0 Å². The monoisotopic (exact) mass is 315 g/mol. The van der Waals surface area contributed by atoms with Crippen LogP contribution in [-0.2, 0) is 14.8 Å². The van der Waals surface area contributed by atoms with Gasteiger partial charge in [-0.3, -0.25) is 4.79 Å². The van der Waals surface area contributed by atoms with Crippen LogP contribution in [0.2, 0.25) is 0 Å². The number of hydrogen-bond acceptors (Lipinski definition) is 5. The molecule has 118 valence electrons. The standard InChI is InChI=1S/C13H21N3O4S/c1-9(2)15-7-6-13(17)16-11-8-10(21(14,18)19)4-5-12(11)20-3/h4-5,8-9,15H,6-7H2,1-3H3,(H,16,17)(H2,14,18,19). The molecule has 1 rings (SSSR count). The maximum absolute atomic E-state index is 11.8. The zero-order valence-corrected chi connectivity index (χ0v) is 13.2. The van der Waals surface area contributed by atoms with E-state index in [1.807, 2.05) is 13.8 Å². The molecule has 0 unspecified atom stereocenters. The van der Waals surface area contributed by atoms with Crippen LogP contribution in [0.15, 0.2) is 23.1 Å². The van der Waals surface area contributed by atoms with Crippen molar-refractivity contribution in [2.24, 2.45) is 5.14 Å². The summed E-state index contributed by atoms with van der Waals surface area (Å²) in [5.41, 5.74) is 0.276. The van der Waals surface area contributed by atoms with E-state index in [0.717, 1.165) is 0 Å². The molecular weight excluding hydrogens is 294 g/mol. The molecule has 0 aliphatic carbocycles. The molecule has 0 heterocycles. The Bertz CT molecular complexity index is 599. The highest BCUT2D eigenvalue weighted by Crippen LogP contribution is 2.27. The van der Waals surface area contributed by atoms with Gasteiger partial charge in [0, 0.05) is 19.0 Å². The summed E-state index contributed by atoms with van der Waals surface area (Å²) in [6.45, 7) is 4.49. The van der Waals surface area contributed by atoms with Gasteiger partial charge in [-0.25, -0.2) is 13.6 Å². The lowest BCUT2D eigenvalue weighted by Gasteiger charge is -2.12. The van der Waals surface area contributed by atoms with Gasteiger partial charge in [-0.15, -0.1) is 0 Å². The third kappa shape index (κ3) is 5.70. The van der Waals surface area contributed by atoms with Gasteiger partial charge in [-0.05, 0) is 18.2 Å². The van der Waals surface area contributed by atoms with Crippen molar-refractivity contribution < 1.29 is 17.9 Å². The predicted molar refractivity (Wildman–Crippen MR) is 80.8 cm³/mol. The highest BCUT2D eigenvalue weighted by molar-refractivity contribution is 7.89. The Balaban J connectivity index is 2.83. The van der Waals surface area contributed by atoms with Crippen LogP contribution < -0.4 is 20.5 Å². The number of anilines is 1. The summed E-state index contributed by atoms with van der Waals surface area (Å²) < 4.78 is 27.8. The number of hydrogen-bond donors (Lipinski definition) is 3. The second-order valence-electron chi connectivity index (χ2n) is 4.81. The van der Waals surface area contributed by atoms with Crippen molar-refractivity contribution in [3.8, 4) is 5.75 Å². The SMILES string of the molecule is COc1ccc(S(N)(=O)=O)cc1NC(=O)CCNC(C)C. The molecule has 0 saturated carbocycles. The maximum atomic E-state index is 11.8. The summed E-state index contributed by atoms with van der Waals surface area (Å²) >= 11 is 0. The van der Waals surface area contributed by atoms with Crippen LogP contribution in [0, 0.1) is 0 Å². The summed E-state index contributed by atoms with van der Waals surface area (Å²) in [7, 11) is -2.40. The lowest BCUT2D eigenvalue weighted by molar-refractivity contribution is -0.116. The van der Waals surface area contributed by atoms with Gasteiger partial charge in [0.2, 0.25) is 15.9 Å². The fraction of sp³-hybridized carbons (Fsp3) is 0.462. The topological polar surface area (TPSA) is 111 Å². The Morgan fingerprint density at radius 3 is 2.57 bits per heavy atom. The number of sulfonamides is 1. The van der Waals surface area contributed by atoms with Crippen molar-refractivity contribution in [1.82, 2.24) is 5.32 Å². The Kier molecular flexibility index (Phi) is 6.13. The van der Waals surface area contributed by atoms with Crippen LogP contribution in [0.3, 0.4) is 0 Å². The Morgan fingerprint density at radius 2 is 2.05 bits per heavy atom.